The summed E-state index contributed by atoms with van der Waals surface area (Å²) in [5.74, 6) is 0.606. The maximum atomic E-state index is 12.9. The van der Waals surface area contributed by atoms with Crippen molar-refractivity contribution in [2.24, 2.45) is 0 Å². The Bertz CT molecular complexity index is 970. The van der Waals surface area contributed by atoms with Crippen LogP contribution in [0.5, 0.6) is 0 Å². The molecule has 0 aliphatic heterocycles. The van der Waals surface area contributed by atoms with E-state index in [0.717, 1.165) is 11.3 Å². The number of fused-ring (bicyclic) bond motifs is 1. The lowest BCUT2D eigenvalue weighted by molar-refractivity contribution is -0.112. The summed E-state index contributed by atoms with van der Waals surface area (Å²) in [6.07, 6.45) is 3.19. The van der Waals surface area contributed by atoms with E-state index in [1.54, 1.807) is 22.8 Å². The molecule has 2 aromatic carbocycles. The minimum absolute atomic E-state index is 0.0335. The number of nitrogens with zero attached hydrogens (tertiary/aromatic N) is 2. The molecule has 3 rings (SSSR count). The molecule has 0 N–H and O–H groups in total. The van der Waals surface area contributed by atoms with Gasteiger partial charge in [-0.3, -0.25) is 14.2 Å². The molecule has 0 amide bonds. The van der Waals surface area contributed by atoms with Gasteiger partial charge in [-0.1, -0.05) is 30.3 Å². The summed E-state index contributed by atoms with van der Waals surface area (Å²) < 4.78 is 1.60. The highest BCUT2D eigenvalue weighted by Crippen LogP contribution is 2.15. The van der Waals surface area contributed by atoms with Crippen molar-refractivity contribution in [1.82, 2.24) is 9.55 Å². The van der Waals surface area contributed by atoms with Gasteiger partial charge >= 0.3 is 0 Å². The first-order valence-corrected chi connectivity index (χ1v) is 7.34. The molecule has 0 atom stereocenters. The quantitative estimate of drug-likeness (QED) is 0.698. The number of ketones is 1. The first-order chi connectivity index (χ1) is 11.1. The van der Waals surface area contributed by atoms with E-state index in [4.69, 9.17) is 0 Å². The van der Waals surface area contributed by atoms with Crippen LogP contribution in [-0.2, 0) is 4.79 Å². The Morgan fingerprint density at radius 1 is 1.13 bits per heavy atom. The predicted molar refractivity (Wildman–Crippen MR) is 91.8 cm³/mol. The molecule has 0 radical (unpaired) electrons. The SMILES string of the molecule is CC(=O)/C=C/c1ccc2nc(C)n(-c3ccccc3)c(=O)c2c1. The van der Waals surface area contributed by atoms with Crippen LogP contribution in [-0.4, -0.2) is 15.3 Å². The van der Waals surface area contributed by atoms with Crippen molar-refractivity contribution >= 4 is 22.8 Å². The van der Waals surface area contributed by atoms with Crippen LogP contribution in [0.3, 0.4) is 0 Å². The summed E-state index contributed by atoms with van der Waals surface area (Å²) in [7, 11) is 0. The second-order valence-electron chi connectivity index (χ2n) is 5.36. The number of allylic oxidation sites excluding steroid dienone is 1. The molecular formula is C19H16N2O2. The number of aryl methyl sites for hydroxylation is 1. The van der Waals surface area contributed by atoms with E-state index in [1.165, 1.54) is 13.0 Å². The standard InChI is InChI=1S/C19H16N2O2/c1-13(22)8-9-15-10-11-18-17(12-15)19(23)21(14(2)20-18)16-6-4-3-5-7-16/h3-12H,1-2H3/b9-8+. The average Bonchev–Trinajstić information content (AvgIpc) is 2.54. The van der Waals surface area contributed by atoms with Gasteiger partial charge in [0.1, 0.15) is 5.82 Å². The summed E-state index contributed by atoms with van der Waals surface area (Å²) in [6.45, 7) is 3.31. The van der Waals surface area contributed by atoms with Gasteiger partial charge in [0.15, 0.2) is 5.78 Å². The van der Waals surface area contributed by atoms with Crippen molar-refractivity contribution in [2.45, 2.75) is 13.8 Å². The minimum Gasteiger partial charge on any atom is -0.295 e. The molecule has 23 heavy (non-hydrogen) atoms. The number of benzene rings is 2. The number of rotatable bonds is 3. The number of carbonyl (C=O) groups is 1. The molecule has 0 unspecified atom stereocenters. The Hall–Kier alpha value is -3.01. The first kappa shape index (κ1) is 14.9. The lowest BCUT2D eigenvalue weighted by Gasteiger charge is -2.11. The number of hydrogen-bond acceptors (Lipinski definition) is 3. The molecule has 0 saturated carbocycles. The van der Waals surface area contributed by atoms with Crippen LogP contribution in [0.2, 0.25) is 0 Å². The third-order valence-electron chi connectivity index (χ3n) is 3.58. The Kier molecular flexibility index (Phi) is 3.89. The van der Waals surface area contributed by atoms with Crippen LogP contribution in [0.15, 0.2) is 59.4 Å². The molecule has 0 aliphatic carbocycles. The van der Waals surface area contributed by atoms with Gasteiger partial charge < -0.3 is 0 Å². The van der Waals surface area contributed by atoms with Crippen LogP contribution < -0.4 is 5.56 Å². The summed E-state index contributed by atoms with van der Waals surface area (Å²) in [6, 6.07) is 14.9. The minimum atomic E-state index is -0.114. The Morgan fingerprint density at radius 2 is 1.87 bits per heavy atom. The van der Waals surface area contributed by atoms with Crippen LogP contribution in [0.25, 0.3) is 22.7 Å². The second kappa shape index (κ2) is 6.01. The van der Waals surface area contributed by atoms with E-state index in [-0.39, 0.29) is 11.3 Å². The molecule has 1 aromatic heterocycles. The van der Waals surface area contributed by atoms with Crippen LogP contribution in [0.4, 0.5) is 0 Å². The molecule has 0 saturated heterocycles. The topological polar surface area (TPSA) is 52.0 Å². The smallest absolute Gasteiger partial charge is 0.265 e. The fraction of sp³-hybridized carbons (Fsp3) is 0.105. The van der Waals surface area contributed by atoms with Gasteiger partial charge in [0, 0.05) is 0 Å². The normalized spacial score (nSPS) is 11.2. The second-order valence-corrected chi connectivity index (χ2v) is 5.36. The lowest BCUT2D eigenvalue weighted by Crippen LogP contribution is -2.22. The van der Waals surface area contributed by atoms with E-state index < -0.39 is 0 Å². The van der Waals surface area contributed by atoms with Gasteiger partial charge in [0.25, 0.3) is 5.56 Å². The van der Waals surface area contributed by atoms with Crippen LogP contribution in [0, 0.1) is 6.92 Å². The molecule has 114 valence electrons. The number of para-hydroxylation sites is 1. The fourth-order valence-corrected chi connectivity index (χ4v) is 2.51. The van der Waals surface area contributed by atoms with Crippen molar-refractivity contribution < 1.29 is 4.79 Å². The first-order valence-electron chi connectivity index (χ1n) is 7.34. The summed E-state index contributed by atoms with van der Waals surface area (Å²) >= 11 is 0. The van der Waals surface area contributed by atoms with Gasteiger partial charge in [-0.05, 0) is 49.8 Å². The average molecular weight is 304 g/mol. The number of hydrogen-bond donors (Lipinski definition) is 0. The van der Waals surface area contributed by atoms with E-state index >= 15 is 0 Å². The maximum absolute atomic E-state index is 12.9. The van der Waals surface area contributed by atoms with E-state index in [2.05, 4.69) is 4.98 Å². The van der Waals surface area contributed by atoms with Crippen LogP contribution in [0.1, 0.15) is 18.3 Å². The Balaban J connectivity index is 2.24. The molecule has 3 aromatic rings. The van der Waals surface area contributed by atoms with E-state index in [1.807, 2.05) is 43.3 Å². The monoisotopic (exact) mass is 304 g/mol. The predicted octanol–water partition coefficient (Wildman–Crippen LogP) is 3.30. The van der Waals surface area contributed by atoms with Crippen molar-refractivity contribution in [1.29, 1.82) is 0 Å². The van der Waals surface area contributed by atoms with Gasteiger partial charge in [0.2, 0.25) is 0 Å². The zero-order chi connectivity index (χ0) is 16.4. The van der Waals surface area contributed by atoms with Gasteiger partial charge in [-0.15, -0.1) is 0 Å². The largest absolute Gasteiger partial charge is 0.295 e. The Labute approximate surface area is 133 Å². The highest BCUT2D eigenvalue weighted by atomic mass is 16.1. The number of carbonyl (C=O) groups excluding carboxylic acids is 1. The maximum Gasteiger partial charge on any atom is 0.265 e. The highest BCUT2D eigenvalue weighted by Gasteiger charge is 2.09. The number of aromatic nitrogens is 2. The zero-order valence-electron chi connectivity index (χ0n) is 13.0. The third-order valence-corrected chi connectivity index (χ3v) is 3.58. The van der Waals surface area contributed by atoms with E-state index in [0.29, 0.717) is 16.7 Å². The molecule has 4 nitrogen and oxygen atoms in total. The van der Waals surface area contributed by atoms with Crippen molar-refractivity contribution in [3.63, 3.8) is 0 Å². The molecule has 0 fully saturated rings. The highest BCUT2D eigenvalue weighted by molar-refractivity contribution is 5.92. The summed E-state index contributed by atoms with van der Waals surface area (Å²) in [5.41, 5.74) is 2.13. The fourth-order valence-electron chi connectivity index (χ4n) is 2.51. The zero-order valence-corrected chi connectivity index (χ0v) is 13.0. The molecule has 1 heterocycles. The lowest BCUT2D eigenvalue weighted by atomic mass is 10.1. The van der Waals surface area contributed by atoms with E-state index in [9.17, 15) is 9.59 Å². The van der Waals surface area contributed by atoms with Gasteiger partial charge in [-0.2, -0.15) is 0 Å². The third kappa shape index (κ3) is 2.97. The van der Waals surface area contributed by atoms with Crippen molar-refractivity contribution in [3.8, 4) is 5.69 Å². The van der Waals surface area contributed by atoms with Gasteiger partial charge in [-0.25, -0.2) is 4.98 Å². The summed E-state index contributed by atoms with van der Waals surface area (Å²) in [4.78, 5) is 28.5. The molecular weight excluding hydrogens is 288 g/mol. The van der Waals surface area contributed by atoms with Crippen molar-refractivity contribution in [2.75, 3.05) is 0 Å². The molecule has 4 heteroatoms. The van der Waals surface area contributed by atoms with Gasteiger partial charge in [0.05, 0.1) is 16.6 Å². The van der Waals surface area contributed by atoms with Crippen LogP contribution >= 0.6 is 0 Å². The molecule has 0 spiro atoms. The Morgan fingerprint density at radius 3 is 2.57 bits per heavy atom. The summed E-state index contributed by atoms with van der Waals surface area (Å²) in [5, 5.41) is 0.533. The molecule has 0 aliphatic rings. The molecule has 0 bridgehead atoms. The van der Waals surface area contributed by atoms with Crippen molar-refractivity contribution in [3.05, 3.63) is 76.3 Å².